The first-order chi connectivity index (χ1) is 10.6. The van der Waals surface area contributed by atoms with Crippen LogP contribution in [0.25, 0.3) is 22.2 Å². The largest absolute Gasteiger partial charge is 0.300 e. The lowest BCUT2D eigenvalue weighted by molar-refractivity contribution is 0.938. The molecule has 0 saturated carbocycles. The van der Waals surface area contributed by atoms with Gasteiger partial charge in [-0.05, 0) is 24.5 Å². The Balaban J connectivity index is 2.32. The van der Waals surface area contributed by atoms with Crippen LogP contribution in [0.15, 0.2) is 40.4 Å². The second-order valence-electron chi connectivity index (χ2n) is 4.44. The van der Waals surface area contributed by atoms with E-state index in [0.717, 1.165) is 10.9 Å². The van der Waals surface area contributed by atoms with Gasteiger partial charge < -0.3 is 4.98 Å². The van der Waals surface area contributed by atoms with Gasteiger partial charge in [0.1, 0.15) is 11.6 Å². The molecule has 0 bridgehead atoms. The number of thioether (sulfide) groups is 1. The molecule has 5 nitrogen and oxygen atoms in total. The number of aromatic amines is 1. The van der Waals surface area contributed by atoms with E-state index in [1.165, 1.54) is 11.8 Å². The number of nitrogens with one attached hydrogen (secondary N) is 1. The zero-order chi connectivity index (χ0) is 15.7. The molecule has 3 rings (SSSR count). The van der Waals surface area contributed by atoms with Crippen molar-refractivity contribution < 1.29 is 0 Å². The van der Waals surface area contributed by atoms with Crippen molar-refractivity contribution >= 4 is 34.3 Å². The van der Waals surface area contributed by atoms with Crippen LogP contribution in [0.5, 0.6) is 0 Å². The molecule has 2 aromatic heterocycles. The highest BCUT2D eigenvalue weighted by atomic mass is 35.5. The van der Waals surface area contributed by atoms with E-state index < -0.39 is 5.56 Å². The van der Waals surface area contributed by atoms with Crippen LogP contribution in [0, 0.1) is 11.3 Å². The number of fused-ring (bicyclic) bond motifs is 1. The van der Waals surface area contributed by atoms with Crippen LogP contribution in [0.4, 0.5) is 0 Å². The Bertz CT molecular complexity index is 977. The molecule has 0 fully saturated rings. The Hall–Kier alpha value is -2.36. The molecule has 7 heteroatoms. The van der Waals surface area contributed by atoms with Gasteiger partial charge in [0.25, 0.3) is 5.56 Å². The van der Waals surface area contributed by atoms with Crippen molar-refractivity contribution in [1.82, 2.24) is 15.0 Å². The Labute approximate surface area is 135 Å². The molecule has 3 aromatic rings. The molecule has 0 spiro atoms. The first kappa shape index (κ1) is 14.6. The summed E-state index contributed by atoms with van der Waals surface area (Å²) < 4.78 is 0. The summed E-state index contributed by atoms with van der Waals surface area (Å²) in [6, 6.07) is 8.96. The highest BCUT2D eigenvalue weighted by Gasteiger charge is 2.14. The highest BCUT2D eigenvalue weighted by Crippen LogP contribution is 2.28. The summed E-state index contributed by atoms with van der Waals surface area (Å²) in [7, 11) is 0. The number of nitrogens with zero attached hydrogens (tertiary/aromatic N) is 3. The van der Waals surface area contributed by atoms with Gasteiger partial charge in [0.2, 0.25) is 0 Å². The standard InChI is InChI=1S/C15H9ClN4OS/c1-22-15-19-13(10(7-17)14(21)20-15)8-2-3-12-9(6-8)11(16)4-5-18-12/h2-6H,1H3,(H,19,20,21). The molecule has 1 aromatic carbocycles. The number of nitriles is 1. The van der Waals surface area contributed by atoms with Crippen LogP contribution in [0.3, 0.4) is 0 Å². The average molecular weight is 329 g/mol. The lowest BCUT2D eigenvalue weighted by atomic mass is 10.0. The quantitative estimate of drug-likeness (QED) is 0.577. The normalized spacial score (nSPS) is 10.6. The fraction of sp³-hybridized carbons (Fsp3) is 0.0667. The van der Waals surface area contributed by atoms with Crippen molar-refractivity contribution in [2.24, 2.45) is 0 Å². The third-order valence-electron chi connectivity index (χ3n) is 3.16. The smallest absolute Gasteiger partial charge is 0.270 e. The van der Waals surface area contributed by atoms with E-state index in [1.807, 2.05) is 6.07 Å². The molecule has 0 atom stereocenters. The van der Waals surface area contributed by atoms with Crippen molar-refractivity contribution in [3.8, 4) is 17.3 Å². The molecule has 0 unspecified atom stereocenters. The number of aromatic nitrogens is 3. The molecule has 0 aliphatic carbocycles. The predicted octanol–water partition coefficient (Wildman–Crippen LogP) is 3.23. The summed E-state index contributed by atoms with van der Waals surface area (Å²) in [4.78, 5) is 23.1. The fourth-order valence-corrected chi connectivity index (χ4v) is 2.71. The van der Waals surface area contributed by atoms with E-state index in [2.05, 4.69) is 15.0 Å². The Morgan fingerprint density at radius 1 is 1.36 bits per heavy atom. The van der Waals surface area contributed by atoms with Crippen LogP contribution in [-0.2, 0) is 0 Å². The van der Waals surface area contributed by atoms with Crippen LogP contribution in [-0.4, -0.2) is 21.2 Å². The van der Waals surface area contributed by atoms with E-state index in [4.69, 9.17) is 11.6 Å². The minimum Gasteiger partial charge on any atom is -0.300 e. The van der Waals surface area contributed by atoms with Gasteiger partial charge in [0, 0.05) is 17.1 Å². The fourth-order valence-electron chi connectivity index (χ4n) is 2.12. The second kappa shape index (κ2) is 5.79. The third kappa shape index (κ3) is 2.45. The molecular weight excluding hydrogens is 320 g/mol. The molecule has 0 aliphatic rings. The molecular formula is C15H9ClN4OS. The molecule has 0 radical (unpaired) electrons. The lowest BCUT2D eigenvalue weighted by Gasteiger charge is -2.07. The summed E-state index contributed by atoms with van der Waals surface area (Å²) >= 11 is 7.49. The Kier molecular flexibility index (Phi) is 3.84. The van der Waals surface area contributed by atoms with Gasteiger partial charge in [-0.25, -0.2) is 4.98 Å². The zero-order valence-corrected chi connectivity index (χ0v) is 13.0. The number of rotatable bonds is 2. The van der Waals surface area contributed by atoms with Crippen molar-refractivity contribution in [2.75, 3.05) is 6.26 Å². The molecule has 0 aliphatic heterocycles. The highest BCUT2D eigenvalue weighted by molar-refractivity contribution is 7.98. The van der Waals surface area contributed by atoms with Crippen molar-refractivity contribution in [1.29, 1.82) is 5.26 Å². The molecule has 22 heavy (non-hydrogen) atoms. The monoisotopic (exact) mass is 328 g/mol. The van der Waals surface area contributed by atoms with Gasteiger partial charge in [0.05, 0.1) is 16.2 Å². The number of hydrogen-bond acceptors (Lipinski definition) is 5. The molecule has 0 amide bonds. The maximum Gasteiger partial charge on any atom is 0.270 e. The van der Waals surface area contributed by atoms with Gasteiger partial charge >= 0.3 is 0 Å². The van der Waals surface area contributed by atoms with E-state index in [1.54, 1.807) is 36.7 Å². The van der Waals surface area contributed by atoms with Crippen molar-refractivity contribution in [3.05, 3.63) is 51.4 Å². The summed E-state index contributed by atoms with van der Waals surface area (Å²) in [6.45, 7) is 0. The lowest BCUT2D eigenvalue weighted by Crippen LogP contribution is -2.14. The summed E-state index contributed by atoms with van der Waals surface area (Å²) in [5, 5.41) is 11.0. The topological polar surface area (TPSA) is 82.4 Å². The summed E-state index contributed by atoms with van der Waals surface area (Å²) in [5.74, 6) is 0. The van der Waals surface area contributed by atoms with Crippen LogP contribution < -0.4 is 5.56 Å². The maximum absolute atomic E-state index is 12.0. The molecule has 0 saturated heterocycles. The summed E-state index contributed by atoms with van der Waals surface area (Å²) in [5.41, 5.74) is 1.27. The first-order valence-electron chi connectivity index (χ1n) is 6.27. The predicted molar refractivity (Wildman–Crippen MR) is 87.1 cm³/mol. The number of hydrogen-bond donors (Lipinski definition) is 1. The second-order valence-corrected chi connectivity index (χ2v) is 5.64. The molecule has 2 heterocycles. The number of halogens is 1. The van der Waals surface area contributed by atoms with Crippen molar-refractivity contribution in [3.63, 3.8) is 0 Å². The average Bonchev–Trinajstić information content (AvgIpc) is 2.54. The Morgan fingerprint density at radius 2 is 2.18 bits per heavy atom. The third-order valence-corrected chi connectivity index (χ3v) is 4.07. The number of H-pyrrole nitrogens is 1. The van der Waals surface area contributed by atoms with E-state index in [0.29, 0.717) is 21.4 Å². The zero-order valence-electron chi connectivity index (χ0n) is 11.4. The Morgan fingerprint density at radius 3 is 2.91 bits per heavy atom. The minimum absolute atomic E-state index is 0.0165. The van der Waals surface area contributed by atoms with Crippen molar-refractivity contribution in [2.45, 2.75) is 5.16 Å². The number of benzene rings is 1. The van der Waals surface area contributed by atoms with E-state index in [-0.39, 0.29) is 5.56 Å². The van der Waals surface area contributed by atoms with Gasteiger partial charge in [-0.3, -0.25) is 9.78 Å². The summed E-state index contributed by atoms with van der Waals surface area (Å²) in [6.07, 6.45) is 3.43. The van der Waals surface area contributed by atoms with Gasteiger partial charge in [-0.15, -0.1) is 0 Å². The van der Waals surface area contributed by atoms with Crippen LogP contribution in [0.1, 0.15) is 5.56 Å². The SMILES string of the molecule is CSc1nc(-c2ccc3nccc(Cl)c3c2)c(C#N)c(=O)[nH]1. The van der Waals surface area contributed by atoms with Gasteiger partial charge in [-0.2, -0.15) is 5.26 Å². The van der Waals surface area contributed by atoms with Crippen LogP contribution >= 0.6 is 23.4 Å². The maximum atomic E-state index is 12.0. The minimum atomic E-state index is -0.450. The van der Waals surface area contributed by atoms with E-state index in [9.17, 15) is 10.1 Å². The first-order valence-corrected chi connectivity index (χ1v) is 7.87. The van der Waals surface area contributed by atoms with E-state index >= 15 is 0 Å². The van der Waals surface area contributed by atoms with Gasteiger partial charge in [0.15, 0.2) is 5.16 Å². The number of pyridine rings is 1. The van der Waals surface area contributed by atoms with Gasteiger partial charge in [-0.1, -0.05) is 29.4 Å². The molecule has 108 valence electrons. The van der Waals surface area contributed by atoms with Crippen LogP contribution in [0.2, 0.25) is 5.02 Å². The molecule has 1 N–H and O–H groups in total.